The topological polar surface area (TPSA) is 86.5 Å². The van der Waals surface area contributed by atoms with Crippen molar-refractivity contribution in [2.75, 3.05) is 12.5 Å². The lowest BCUT2D eigenvalue weighted by atomic mass is 10.1. The molecule has 5 rings (SSSR count). The Morgan fingerprint density at radius 1 is 1.27 bits per heavy atom. The lowest BCUT2D eigenvalue weighted by Crippen LogP contribution is -2.22. The number of fused-ring (bicyclic) bond motifs is 3. The van der Waals surface area contributed by atoms with Crippen molar-refractivity contribution >= 4 is 55.4 Å². The second-order valence-corrected chi connectivity index (χ2v) is 7.88. The molecule has 0 saturated heterocycles. The number of anilines is 1. The highest BCUT2D eigenvalue weighted by molar-refractivity contribution is 7.21. The van der Waals surface area contributed by atoms with E-state index in [-0.39, 0.29) is 12.7 Å². The van der Waals surface area contributed by atoms with Gasteiger partial charge in [0.1, 0.15) is 9.71 Å². The average Bonchev–Trinajstić information content (AvgIpc) is 3.37. The molecule has 0 atom stereocenters. The van der Waals surface area contributed by atoms with Crippen molar-refractivity contribution in [3.8, 4) is 11.5 Å². The third-order valence-corrected chi connectivity index (χ3v) is 6.21. The number of hydrogen-bond donors (Lipinski definition) is 2. The van der Waals surface area contributed by atoms with E-state index in [0.717, 1.165) is 26.0 Å². The van der Waals surface area contributed by atoms with Gasteiger partial charge in [-0.1, -0.05) is 6.07 Å². The maximum Gasteiger partial charge on any atom is 0.263 e. The summed E-state index contributed by atoms with van der Waals surface area (Å²) >= 11 is 2.90. The molecular weight excluding hydrogens is 370 g/mol. The molecule has 130 valence electrons. The Morgan fingerprint density at radius 2 is 2.12 bits per heavy atom. The fraction of sp³-hybridized carbons (Fsp3) is 0.111. The number of carbonyl (C=O) groups excluding carboxylic acids is 1. The second kappa shape index (κ2) is 5.86. The molecule has 1 aliphatic rings. The van der Waals surface area contributed by atoms with E-state index < -0.39 is 0 Å². The molecule has 0 aliphatic carbocycles. The molecule has 0 spiro atoms. The van der Waals surface area contributed by atoms with Crippen LogP contribution in [0.5, 0.6) is 11.5 Å². The molecule has 0 bridgehead atoms. The zero-order valence-electron chi connectivity index (χ0n) is 13.4. The van der Waals surface area contributed by atoms with Crippen LogP contribution in [-0.4, -0.2) is 17.7 Å². The minimum absolute atomic E-state index is 0.183. The summed E-state index contributed by atoms with van der Waals surface area (Å²) in [5, 5.41) is 6.58. The van der Waals surface area contributed by atoms with Crippen molar-refractivity contribution in [3.63, 3.8) is 0 Å². The van der Waals surface area contributed by atoms with Gasteiger partial charge < -0.3 is 20.5 Å². The second-order valence-electron chi connectivity index (χ2n) is 5.85. The molecular formula is C18H13N3O3S2. The van der Waals surface area contributed by atoms with Crippen LogP contribution in [0, 0.1) is 0 Å². The fourth-order valence-corrected chi connectivity index (χ4v) is 4.57. The number of amides is 1. The van der Waals surface area contributed by atoms with Gasteiger partial charge in [0.15, 0.2) is 11.5 Å². The summed E-state index contributed by atoms with van der Waals surface area (Å²) < 4.78 is 10.8. The summed E-state index contributed by atoms with van der Waals surface area (Å²) in [6.07, 6.45) is 0. The lowest BCUT2D eigenvalue weighted by molar-refractivity contribution is 0.0956. The van der Waals surface area contributed by atoms with E-state index in [2.05, 4.69) is 10.3 Å². The standard InChI is InChI=1S/C18H13N3O3S2/c19-15-11-4-9-5-13-14(24-8-23-13)6-12(9)21-18(11)26-16(15)17(22)20-7-10-2-1-3-25-10/h1-6H,7-8,19H2,(H,20,22). The van der Waals surface area contributed by atoms with Gasteiger partial charge in [-0.15, -0.1) is 22.7 Å². The van der Waals surface area contributed by atoms with Crippen molar-refractivity contribution in [2.24, 2.45) is 0 Å². The molecule has 1 amide bonds. The number of ether oxygens (including phenoxy) is 2. The van der Waals surface area contributed by atoms with Crippen LogP contribution in [0.25, 0.3) is 21.1 Å². The molecule has 0 fully saturated rings. The Hall–Kier alpha value is -2.84. The molecule has 3 aromatic heterocycles. The number of nitrogens with zero attached hydrogens (tertiary/aromatic N) is 1. The van der Waals surface area contributed by atoms with E-state index in [1.807, 2.05) is 35.7 Å². The van der Waals surface area contributed by atoms with Crippen molar-refractivity contribution in [3.05, 3.63) is 45.5 Å². The lowest BCUT2D eigenvalue weighted by Gasteiger charge is -2.02. The number of carbonyl (C=O) groups is 1. The number of thiophene rings is 2. The molecule has 1 aromatic carbocycles. The third-order valence-electron chi connectivity index (χ3n) is 4.22. The van der Waals surface area contributed by atoms with Gasteiger partial charge in [0, 0.05) is 21.7 Å². The van der Waals surface area contributed by atoms with Gasteiger partial charge in [-0.3, -0.25) is 4.79 Å². The maximum atomic E-state index is 12.5. The predicted molar refractivity (Wildman–Crippen MR) is 103 cm³/mol. The van der Waals surface area contributed by atoms with E-state index in [1.54, 1.807) is 11.3 Å². The Morgan fingerprint density at radius 3 is 2.92 bits per heavy atom. The Bertz CT molecular complexity index is 1150. The third kappa shape index (κ3) is 2.46. The summed E-state index contributed by atoms with van der Waals surface area (Å²) in [5.74, 6) is 1.20. The first-order valence-corrected chi connectivity index (χ1v) is 9.61. The SMILES string of the molecule is Nc1c(C(=O)NCc2cccs2)sc2nc3cc4c(cc3cc12)OCO4. The van der Waals surface area contributed by atoms with Crippen LogP contribution >= 0.6 is 22.7 Å². The fourth-order valence-electron chi connectivity index (χ4n) is 2.92. The summed E-state index contributed by atoms with van der Waals surface area (Å²) in [7, 11) is 0. The van der Waals surface area contributed by atoms with Gasteiger partial charge in [-0.2, -0.15) is 0 Å². The van der Waals surface area contributed by atoms with E-state index in [9.17, 15) is 4.79 Å². The number of nitrogens with two attached hydrogens (primary N) is 1. The van der Waals surface area contributed by atoms with E-state index in [0.29, 0.717) is 28.6 Å². The van der Waals surface area contributed by atoms with Gasteiger partial charge >= 0.3 is 0 Å². The van der Waals surface area contributed by atoms with E-state index in [4.69, 9.17) is 15.2 Å². The summed E-state index contributed by atoms with van der Waals surface area (Å²) in [4.78, 5) is 19.5. The molecule has 0 saturated carbocycles. The zero-order valence-corrected chi connectivity index (χ0v) is 15.1. The molecule has 1 aliphatic heterocycles. The summed E-state index contributed by atoms with van der Waals surface area (Å²) in [6, 6.07) is 9.62. The molecule has 6 nitrogen and oxygen atoms in total. The number of nitrogen functional groups attached to an aromatic ring is 1. The normalized spacial score (nSPS) is 12.8. The van der Waals surface area contributed by atoms with Crippen LogP contribution in [0.4, 0.5) is 5.69 Å². The average molecular weight is 383 g/mol. The minimum atomic E-state index is -0.183. The van der Waals surface area contributed by atoms with Crippen molar-refractivity contribution in [1.82, 2.24) is 10.3 Å². The van der Waals surface area contributed by atoms with Gasteiger partial charge in [-0.05, 0) is 23.6 Å². The highest BCUT2D eigenvalue weighted by Gasteiger charge is 2.20. The smallest absolute Gasteiger partial charge is 0.263 e. The first-order chi connectivity index (χ1) is 12.7. The molecule has 4 heterocycles. The largest absolute Gasteiger partial charge is 0.454 e. The van der Waals surface area contributed by atoms with Crippen molar-refractivity contribution in [2.45, 2.75) is 6.54 Å². The number of rotatable bonds is 3. The molecule has 3 N–H and O–H groups in total. The van der Waals surface area contributed by atoms with E-state index in [1.165, 1.54) is 11.3 Å². The Labute approximate surface area is 156 Å². The highest BCUT2D eigenvalue weighted by Crippen LogP contribution is 2.39. The van der Waals surface area contributed by atoms with Crippen molar-refractivity contribution in [1.29, 1.82) is 0 Å². The molecule has 0 unspecified atom stereocenters. The van der Waals surface area contributed by atoms with Crippen LogP contribution in [0.15, 0.2) is 35.7 Å². The van der Waals surface area contributed by atoms with Crippen LogP contribution < -0.4 is 20.5 Å². The Balaban J connectivity index is 1.53. The number of benzene rings is 1. The van der Waals surface area contributed by atoms with Crippen LogP contribution in [0.3, 0.4) is 0 Å². The molecule has 0 radical (unpaired) electrons. The maximum absolute atomic E-state index is 12.5. The monoisotopic (exact) mass is 383 g/mol. The quantitative estimate of drug-likeness (QED) is 0.563. The van der Waals surface area contributed by atoms with Crippen LogP contribution in [0.2, 0.25) is 0 Å². The van der Waals surface area contributed by atoms with Gasteiger partial charge in [0.05, 0.1) is 17.7 Å². The van der Waals surface area contributed by atoms with Crippen molar-refractivity contribution < 1.29 is 14.3 Å². The van der Waals surface area contributed by atoms with Gasteiger partial charge in [0.25, 0.3) is 5.91 Å². The van der Waals surface area contributed by atoms with Crippen LogP contribution in [-0.2, 0) is 6.54 Å². The number of aromatic nitrogens is 1. The predicted octanol–water partition coefficient (Wildman–Crippen LogP) is 3.75. The molecule has 4 aromatic rings. The van der Waals surface area contributed by atoms with Crippen LogP contribution in [0.1, 0.15) is 14.5 Å². The number of nitrogens with one attached hydrogen (secondary N) is 1. The highest BCUT2D eigenvalue weighted by atomic mass is 32.1. The summed E-state index contributed by atoms with van der Waals surface area (Å²) in [5.41, 5.74) is 7.49. The summed E-state index contributed by atoms with van der Waals surface area (Å²) in [6.45, 7) is 0.706. The minimum Gasteiger partial charge on any atom is -0.454 e. The molecule has 26 heavy (non-hydrogen) atoms. The first-order valence-electron chi connectivity index (χ1n) is 7.92. The number of hydrogen-bond acceptors (Lipinski definition) is 7. The van der Waals surface area contributed by atoms with Gasteiger partial charge in [0.2, 0.25) is 6.79 Å². The first kappa shape index (κ1) is 15.4. The molecule has 8 heteroatoms. The zero-order chi connectivity index (χ0) is 17.7. The van der Waals surface area contributed by atoms with Gasteiger partial charge in [-0.25, -0.2) is 4.98 Å². The Kier molecular flexibility index (Phi) is 3.47. The van der Waals surface area contributed by atoms with E-state index >= 15 is 0 Å². The number of pyridine rings is 1.